The minimum atomic E-state index is -4.47. The monoisotopic (exact) mass is 488 g/mol. The zero-order valence-electron chi connectivity index (χ0n) is 16.0. The van der Waals surface area contributed by atoms with Gasteiger partial charge in [0, 0.05) is 34.3 Å². The zero-order valence-corrected chi connectivity index (χ0v) is 18.4. The van der Waals surface area contributed by atoms with Crippen LogP contribution in [0.25, 0.3) is 0 Å². The van der Waals surface area contributed by atoms with Crippen LogP contribution in [0.1, 0.15) is 31.9 Å². The molecular weight excluding hydrogens is 473 g/mol. The molecule has 0 radical (unpaired) electrons. The van der Waals surface area contributed by atoms with E-state index >= 15 is 0 Å². The van der Waals surface area contributed by atoms with E-state index in [0.717, 1.165) is 29.7 Å². The number of carbonyl (C=O) groups is 1. The number of nitrogens with zero attached hydrogens (tertiary/aromatic N) is 1. The number of aromatic nitrogens is 1. The van der Waals surface area contributed by atoms with Gasteiger partial charge in [0.15, 0.2) is 15.0 Å². The lowest BCUT2D eigenvalue weighted by Gasteiger charge is -2.09. The van der Waals surface area contributed by atoms with Crippen molar-refractivity contribution >= 4 is 43.8 Å². The number of anilines is 1. The van der Waals surface area contributed by atoms with Gasteiger partial charge in [-0.2, -0.15) is 13.2 Å². The van der Waals surface area contributed by atoms with Crippen LogP contribution in [0.2, 0.25) is 5.02 Å². The Hall–Kier alpha value is -2.43. The fourth-order valence-corrected chi connectivity index (χ4v) is 4.56. The average molecular weight is 489 g/mol. The Morgan fingerprint density at radius 3 is 2.45 bits per heavy atom. The van der Waals surface area contributed by atoms with Crippen molar-refractivity contribution in [1.29, 1.82) is 0 Å². The molecule has 0 spiro atoms. The van der Waals surface area contributed by atoms with Crippen LogP contribution >= 0.6 is 22.9 Å². The van der Waals surface area contributed by atoms with Crippen LogP contribution in [0, 0.1) is 0 Å². The lowest BCUT2D eigenvalue weighted by molar-refractivity contribution is -0.137. The highest BCUT2D eigenvalue weighted by Crippen LogP contribution is 2.33. The molecule has 1 aromatic heterocycles. The van der Waals surface area contributed by atoms with Crippen molar-refractivity contribution in [2.45, 2.75) is 18.3 Å². The van der Waals surface area contributed by atoms with E-state index in [1.165, 1.54) is 24.4 Å². The third-order valence-electron chi connectivity index (χ3n) is 4.16. The normalized spacial score (nSPS) is 12.0. The molecule has 0 aliphatic rings. The molecule has 0 fully saturated rings. The van der Waals surface area contributed by atoms with E-state index in [2.05, 4.69) is 10.3 Å². The first-order chi connectivity index (χ1) is 14.4. The number of thiazole rings is 1. The number of nitrogens with one attached hydrogen (secondary N) is 1. The number of amides is 1. The number of carbonyl (C=O) groups excluding carboxylic acids is 1. The van der Waals surface area contributed by atoms with E-state index < -0.39 is 27.5 Å². The van der Waals surface area contributed by atoms with Gasteiger partial charge in [0.25, 0.3) is 5.91 Å². The third-order valence-corrected chi connectivity index (χ3v) is 6.30. The minimum absolute atomic E-state index is 0.122. The van der Waals surface area contributed by atoms with Crippen molar-refractivity contribution in [3.8, 4) is 0 Å². The van der Waals surface area contributed by atoms with Crippen LogP contribution in [0.5, 0.6) is 0 Å². The van der Waals surface area contributed by atoms with E-state index in [9.17, 15) is 26.4 Å². The van der Waals surface area contributed by atoms with Gasteiger partial charge in [0.1, 0.15) is 0 Å². The first kappa shape index (κ1) is 23.2. The van der Waals surface area contributed by atoms with E-state index in [4.69, 9.17) is 11.6 Å². The van der Waals surface area contributed by atoms with Crippen molar-refractivity contribution in [2.24, 2.45) is 0 Å². The highest BCUT2D eigenvalue weighted by atomic mass is 35.5. The van der Waals surface area contributed by atoms with Crippen molar-refractivity contribution in [2.75, 3.05) is 11.6 Å². The number of hydrogen-bond acceptors (Lipinski definition) is 5. The lowest BCUT2D eigenvalue weighted by Crippen LogP contribution is -2.11. The van der Waals surface area contributed by atoms with E-state index in [0.29, 0.717) is 21.6 Å². The summed E-state index contributed by atoms with van der Waals surface area (Å²) in [6.07, 6.45) is -1.74. The van der Waals surface area contributed by atoms with Crippen LogP contribution in [-0.2, 0) is 28.2 Å². The molecule has 164 valence electrons. The fraction of sp³-hybridized carbons (Fsp3) is 0.200. The summed E-state index contributed by atoms with van der Waals surface area (Å²) < 4.78 is 61.4. The second-order valence-electron chi connectivity index (χ2n) is 6.83. The molecule has 0 aliphatic heterocycles. The van der Waals surface area contributed by atoms with Gasteiger partial charge in [-0.3, -0.25) is 10.1 Å². The molecule has 0 unspecified atom stereocenters. The van der Waals surface area contributed by atoms with Crippen molar-refractivity contribution < 1.29 is 26.4 Å². The van der Waals surface area contributed by atoms with Crippen LogP contribution in [0.15, 0.2) is 48.7 Å². The van der Waals surface area contributed by atoms with Gasteiger partial charge in [-0.25, -0.2) is 13.4 Å². The molecule has 1 amide bonds. The summed E-state index contributed by atoms with van der Waals surface area (Å²) >= 11 is 7.15. The molecule has 0 bridgehead atoms. The molecule has 0 saturated carbocycles. The van der Waals surface area contributed by atoms with Gasteiger partial charge < -0.3 is 0 Å². The molecule has 2 aromatic carbocycles. The summed E-state index contributed by atoms with van der Waals surface area (Å²) in [4.78, 5) is 17.1. The van der Waals surface area contributed by atoms with E-state index in [-0.39, 0.29) is 22.3 Å². The summed E-state index contributed by atoms with van der Waals surface area (Å²) in [6.45, 7) is 0. The molecule has 0 atom stereocenters. The average Bonchev–Trinajstić information content (AvgIpc) is 3.08. The maximum atomic E-state index is 12.9. The van der Waals surface area contributed by atoms with Crippen LogP contribution in [0.3, 0.4) is 0 Å². The van der Waals surface area contributed by atoms with Gasteiger partial charge >= 0.3 is 6.18 Å². The number of sulfone groups is 1. The molecule has 0 aliphatic carbocycles. The SMILES string of the molecule is CS(=O)(=O)Cc1ccc(C(=O)Nc2ncc(Cc3cc(C(F)(F)F)ccc3Cl)s2)cc1. The van der Waals surface area contributed by atoms with Crippen LogP contribution in [0.4, 0.5) is 18.3 Å². The van der Waals surface area contributed by atoms with E-state index in [1.807, 2.05) is 0 Å². The second-order valence-corrected chi connectivity index (χ2v) is 10.5. The first-order valence-corrected chi connectivity index (χ1v) is 12.0. The smallest absolute Gasteiger partial charge is 0.298 e. The van der Waals surface area contributed by atoms with Gasteiger partial charge in [0.2, 0.25) is 0 Å². The number of benzene rings is 2. The fourth-order valence-electron chi connectivity index (χ4n) is 2.75. The maximum Gasteiger partial charge on any atom is 0.416 e. The van der Waals surface area contributed by atoms with Gasteiger partial charge in [-0.15, -0.1) is 11.3 Å². The Morgan fingerprint density at radius 2 is 1.84 bits per heavy atom. The standard InChI is InChI=1S/C20H16ClF3N2O3S2/c1-31(28,29)11-12-2-4-13(5-3-12)18(27)26-19-25-10-16(30-19)9-14-8-15(20(22,23)24)6-7-17(14)21/h2-8,10H,9,11H2,1H3,(H,25,26,27). The molecule has 31 heavy (non-hydrogen) atoms. The predicted molar refractivity (Wildman–Crippen MR) is 114 cm³/mol. The van der Waals surface area contributed by atoms with Crippen molar-refractivity contribution in [3.05, 3.63) is 80.8 Å². The number of rotatable bonds is 6. The van der Waals surface area contributed by atoms with E-state index in [1.54, 1.807) is 12.1 Å². The number of halogens is 4. The first-order valence-electron chi connectivity index (χ1n) is 8.79. The second kappa shape index (κ2) is 8.97. The van der Waals surface area contributed by atoms with Crippen LogP contribution < -0.4 is 5.32 Å². The lowest BCUT2D eigenvalue weighted by atomic mass is 10.1. The van der Waals surface area contributed by atoms with Gasteiger partial charge in [0.05, 0.1) is 11.3 Å². The minimum Gasteiger partial charge on any atom is -0.298 e. The quantitative estimate of drug-likeness (QED) is 0.517. The zero-order chi connectivity index (χ0) is 22.8. The highest BCUT2D eigenvalue weighted by Gasteiger charge is 2.31. The Morgan fingerprint density at radius 1 is 1.16 bits per heavy atom. The van der Waals surface area contributed by atoms with Gasteiger partial charge in [-0.05, 0) is 41.5 Å². The van der Waals surface area contributed by atoms with Gasteiger partial charge in [-0.1, -0.05) is 23.7 Å². The molecule has 0 saturated heterocycles. The topological polar surface area (TPSA) is 76.1 Å². The summed E-state index contributed by atoms with van der Waals surface area (Å²) in [5, 5.41) is 3.11. The highest BCUT2D eigenvalue weighted by molar-refractivity contribution is 7.89. The number of alkyl halides is 3. The number of hydrogen-bond donors (Lipinski definition) is 1. The van der Waals surface area contributed by atoms with Crippen molar-refractivity contribution in [3.63, 3.8) is 0 Å². The third kappa shape index (κ3) is 6.52. The molecule has 3 rings (SSSR count). The molecule has 5 nitrogen and oxygen atoms in total. The predicted octanol–water partition coefficient (Wildman–Crippen LogP) is 5.20. The Labute approximate surface area is 185 Å². The largest absolute Gasteiger partial charge is 0.416 e. The Balaban J connectivity index is 1.68. The molecule has 1 N–H and O–H groups in total. The Bertz CT molecular complexity index is 1210. The maximum absolute atomic E-state index is 12.9. The molecular formula is C20H16ClF3N2O3S2. The summed E-state index contributed by atoms with van der Waals surface area (Å²) in [5.74, 6) is -0.563. The summed E-state index contributed by atoms with van der Waals surface area (Å²) in [7, 11) is -3.18. The molecule has 3 aromatic rings. The summed E-state index contributed by atoms with van der Waals surface area (Å²) in [6, 6.07) is 9.25. The summed E-state index contributed by atoms with van der Waals surface area (Å²) in [5.41, 5.74) is 0.396. The van der Waals surface area contributed by atoms with Crippen molar-refractivity contribution in [1.82, 2.24) is 4.98 Å². The molecule has 1 heterocycles. The Kier molecular flexibility index (Phi) is 6.73. The van der Waals surface area contributed by atoms with Crippen LogP contribution in [-0.4, -0.2) is 25.6 Å². The molecule has 11 heteroatoms.